The summed E-state index contributed by atoms with van der Waals surface area (Å²) >= 11 is 0. The summed E-state index contributed by atoms with van der Waals surface area (Å²) in [5.74, 6) is -0.0403. The van der Waals surface area contributed by atoms with Crippen molar-refractivity contribution in [3.63, 3.8) is 0 Å². The molecular formula is C17H23N3O2. The standard InChI is InChI=1S/C17H23N3O2/c1-2-19(12-14-8-4-3-5-9-14)13-20-15(21)17(18-16(20)22)10-6-7-11-17/h3-5,8-9H,2,6-7,10-13H2,1H3,(H,18,22). The minimum atomic E-state index is -0.608. The number of hydrogen-bond donors (Lipinski definition) is 1. The molecule has 2 fully saturated rings. The van der Waals surface area contributed by atoms with E-state index in [2.05, 4.69) is 22.3 Å². The Labute approximate surface area is 131 Å². The Balaban J connectivity index is 1.68. The lowest BCUT2D eigenvalue weighted by atomic mass is 9.98. The van der Waals surface area contributed by atoms with Gasteiger partial charge in [0.05, 0.1) is 6.67 Å². The van der Waals surface area contributed by atoms with Crippen LogP contribution in [0.3, 0.4) is 0 Å². The van der Waals surface area contributed by atoms with Crippen molar-refractivity contribution in [3.8, 4) is 0 Å². The number of nitrogens with zero attached hydrogens (tertiary/aromatic N) is 2. The zero-order chi connectivity index (χ0) is 15.6. The SMILES string of the molecule is CCN(Cc1ccccc1)CN1C(=O)NC2(CCCC2)C1=O. The Morgan fingerprint density at radius 3 is 2.50 bits per heavy atom. The van der Waals surface area contributed by atoms with Crippen molar-refractivity contribution >= 4 is 11.9 Å². The van der Waals surface area contributed by atoms with Gasteiger partial charge in [-0.2, -0.15) is 0 Å². The van der Waals surface area contributed by atoms with Crippen LogP contribution in [0.25, 0.3) is 0 Å². The number of rotatable bonds is 5. The zero-order valence-corrected chi connectivity index (χ0v) is 13.0. The van der Waals surface area contributed by atoms with Gasteiger partial charge in [0.2, 0.25) is 0 Å². The lowest BCUT2D eigenvalue weighted by Gasteiger charge is -2.26. The lowest BCUT2D eigenvalue weighted by molar-refractivity contribution is -0.132. The van der Waals surface area contributed by atoms with Gasteiger partial charge < -0.3 is 5.32 Å². The molecule has 0 atom stereocenters. The number of benzene rings is 1. The number of carbonyl (C=O) groups excluding carboxylic acids is 2. The number of imide groups is 1. The molecule has 1 saturated carbocycles. The van der Waals surface area contributed by atoms with Crippen LogP contribution in [-0.2, 0) is 11.3 Å². The Bertz CT molecular complexity index is 552. The van der Waals surface area contributed by atoms with Gasteiger partial charge in [-0.25, -0.2) is 9.69 Å². The summed E-state index contributed by atoms with van der Waals surface area (Å²) in [4.78, 5) is 28.4. The van der Waals surface area contributed by atoms with Crippen LogP contribution in [0.15, 0.2) is 30.3 Å². The van der Waals surface area contributed by atoms with Crippen molar-refractivity contribution < 1.29 is 9.59 Å². The second-order valence-electron chi connectivity index (χ2n) is 6.22. The highest BCUT2D eigenvalue weighted by molar-refractivity contribution is 6.07. The van der Waals surface area contributed by atoms with Crippen molar-refractivity contribution in [3.05, 3.63) is 35.9 Å². The molecule has 1 aromatic rings. The van der Waals surface area contributed by atoms with Gasteiger partial charge in [-0.15, -0.1) is 0 Å². The minimum Gasteiger partial charge on any atom is -0.323 e. The van der Waals surface area contributed by atoms with Gasteiger partial charge in [-0.3, -0.25) is 9.69 Å². The van der Waals surface area contributed by atoms with E-state index in [0.29, 0.717) is 6.67 Å². The molecule has 1 spiro atoms. The first-order valence-corrected chi connectivity index (χ1v) is 8.05. The number of nitrogens with one attached hydrogen (secondary N) is 1. The number of amides is 3. The Kier molecular flexibility index (Phi) is 4.16. The molecule has 3 rings (SSSR count). The first-order chi connectivity index (χ1) is 10.6. The van der Waals surface area contributed by atoms with Crippen molar-refractivity contribution in [2.75, 3.05) is 13.2 Å². The van der Waals surface area contributed by atoms with Crippen molar-refractivity contribution in [1.82, 2.24) is 15.1 Å². The lowest BCUT2D eigenvalue weighted by Crippen LogP contribution is -2.45. The summed E-state index contributed by atoms with van der Waals surface area (Å²) < 4.78 is 0. The monoisotopic (exact) mass is 301 g/mol. The van der Waals surface area contributed by atoms with Gasteiger partial charge in [-0.1, -0.05) is 50.1 Å². The van der Waals surface area contributed by atoms with Gasteiger partial charge in [0.25, 0.3) is 5.91 Å². The summed E-state index contributed by atoms with van der Waals surface area (Å²) in [6.45, 7) is 3.94. The van der Waals surface area contributed by atoms with Crippen molar-refractivity contribution in [2.24, 2.45) is 0 Å². The molecule has 2 aliphatic rings. The van der Waals surface area contributed by atoms with E-state index in [4.69, 9.17) is 0 Å². The summed E-state index contributed by atoms with van der Waals surface area (Å²) in [7, 11) is 0. The maximum Gasteiger partial charge on any atom is 0.326 e. The molecular weight excluding hydrogens is 278 g/mol. The smallest absolute Gasteiger partial charge is 0.323 e. The second kappa shape index (κ2) is 6.08. The first kappa shape index (κ1) is 15.0. The van der Waals surface area contributed by atoms with E-state index in [1.807, 2.05) is 25.1 Å². The van der Waals surface area contributed by atoms with Crippen LogP contribution >= 0.6 is 0 Å². The predicted octanol–water partition coefficient (Wildman–Crippen LogP) is 2.33. The van der Waals surface area contributed by atoms with Crippen molar-refractivity contribution in [2.45, 2.75) is 44.7 Å². The molecule has 118 valence electrons. The highest BCUT2D eigenvalue weighted by atomic mass is 16.2. The highest BCUT2D eigenvalue weighted by Crippen LogP contribution is 2.35. The van der Waals surface area contributed by atoms with E-state index in [1.54, 1.807) is 0 Å². The molecule has 0 unspecified atom stereocenters. The number of carbonyl (C=O) groups is 2. The topological polar surface area (TPSA) is 52.6 Å². The van der Waals surface area contributed by atoms with Crippen LogP contribution in [0, 0.1) is 0 Å². The van der Waals surface area contributed by atoms with Gasteiger partial charge in [-0.05, 0) is 24.9 Å². The van der Waals surface area contributed by atoms with Crippen molar-refractivity contribution in [1.29, 1.82) is 0 Å². The van der Waals surface area contributed by atoms with E-state index < -0.39 is 5.54 Å². The first-order valence-electron chi connectivity index (χ1n) is 8.05. The summed E-state index contributed by atoms with van der Waals surface area (Å²) in [6, 6.07) is 9.88. The average molecular weight is 301 g/mol. The predicted molar refractivity (Wildman–Crippen MR) is 84.0 cm³/mol. The van der Waals surface area contributed by atoms with Gasteiger partial charge >= 0.3 is 6.03 Å². The fourth-order valence-electron chi connectivity index (χ4n) is 3.43. The third-order valence-electron chi connectivity index (χ3n) is 4.74. The Hall–Kier alpha value is -1.88. The van der Waals surface area contributed by atoms with E-state index >= 15 is 0 Å². The molecule has 1 aliphatic heterocycles. The van der Waals surface area contributed by atoms with E-state index in [9.17, 15) is 9.59 Å². The maximum absolute atomic E-state index is 12.7. The van der Waals surface area contributed by atoms with Gasteiger partial charge in [0.15, 0.2) is 0 Å². The van der Waals surface area contributed by atoms with Crippen LogP contribution < -0.4 is 5.32 Å². The summed E-state index contributed by atoms with van der Waals surface area (Å²) in [5.41, 5.74) is 0.579. The van der Waals surface area contributed by atoms with Crippen LogP contribution in [0.5, 0.6) is 0 Å². The molecule has 0 aromatic heterocycles. The van der Waals surface area contributed by atoms with Gasteiger partial charge in [0.1, 0.15) is 5.54 Å². The van der Waals surface area contributed by atoms with Gasteiger partial charge in [0, 0.05) is 6.54 Å². The third kappa shape index (κ3) is 2.73. The summed E-state index contributed by atoms with van der Waals surface area (Å²) in [6.07, 6.45) is 3.58. The number of urea groups is 1. The zero-order valence-electron chi connectivity index (χ0n) is 13.0. The Morgan fingerprint density at radius 1 is 1.18 bits per heavy atom. The van der Waals surface area contributed by atoms with Crippen LogP contribution in [0.4, 0.5) is 4.79 Å². The maximum atomic E-state index is 12.7. The van der Waals surface area contributed by atoms with E-state index in [0.717, 1.165) is 38.8 Å². The number of hydrogen-bond acceptors (Lipinski definition) is 3. The third-order valence-corrected chi connectivity index (χ3v) is 4.74. The second-order valence-corrected chi connectivity index (χ2v) is 6.22. The van der Waals surface area contributed by atoms with Crippen LogP contribution in [0.2, 0.25) is 0 Å². The Morgan fingerprint density at radius 2 is 1.86 bits per heavy atom. The highest BCUT2D eigenvalue weighted by Gasteiger charge is 2.52. The van der Waals surface area contributed by atoms with Crippen LogP contribution in [-0.4, -0.2) is 40.5 Å². The fourth-order valence-corrected chi connectivity index (χ4v) is 3.43. The quantitative estimate of drug-likeness (QED) is 0.849. The molecule has 5 heteroatoms. The molecule has 3 amide bonds. The molecule has 1 aliphatic carbocycles. The molecule has 1 saturated heterocycles. The minimum absolute atomic E-state index is 0.0403. The van der Waals surface area contributed by atoms with E-state index in [-0.39, 0.29) is 11.9 Å². The molecule has 1 N–H and O–H groups in total. The molecule has 0 radical (unpaired) electrons. The fraction of sp³-hybridized carbons (Fsp3) is 0.529. The molecule has 1 aromatic carbocycles. The normalized spacial score (nSPS) is 20.2. The molecule has 1 heterocycles. The molecule has 0 bridgehead atoms. The van der Waals surface area contributed by atoms with Crippen LogP contribution in [0.1, 0.15) is 38.2 Å². The molecule has 5 nitrogen and oxygen atoms in total. The largest absolute Gasteiger partial charge is 0.326 e. The van der Waals surface area contributed by atoms with E-state index in [1.165, 1.54) is 10.5 Å². The average Bonchev–Trinajstić information content (AvgIpc) is 3.08. The summed E-state index contributed by atoms with van der Waals surface area (Å²) in [5, 5.41) is 2.93. The molecule has 22 heavy (non-hydrogen) atoms.